The highest BCUT2D eigenvalue weighted by Crippen LogP contribution is 2.25. The Morgan fingerprint density at radius 3 is 2.50 bits per heavy atom. The smallest absolute Gasteiger partial charge is 0.305 e. The third kappa shape index (κ3) is 4.79. The number of aliphatic carboxylic acids is 1. The third-order valence-electron chi connectivity index (χ3n) is 4.55. The second kappa shape index (κ2) is 8.59. The molecule has 144 valence electrons. The maximum atomic E-state index is 12.7. The van der Waals surface area contributed by atoms with Gasteiger partial charge in [-0.1, -0.05) is 0 Å². The molecule has 0 spiro atoms. The summed E-state index contributed by atoms with van der Waals surface area (Å²) in [5.41, 5.74) is 0. The lowest BCUT2D eigenvalue weighted by Crippen LogP contribution is -2.46. The summed E-state index contributed by atoms with van der Waals surface area (Å²) in [4.78, 5) is 29.1. The van der Waals surface area contributed by atoms with Crippen LogP contribution in [0.3, 0.4) is 0 Å². The van der Waals surface area contributed by atoms with E-state index in [1.807, 2.05) is 13.8 Å². The third-order valence-corrected chi connectivity index (χ3v) is 6.43. The second-order valence-corrected chi connectivity index (χ2v) is 8.57. The van der Waals surface area contributed by atoms with Gasteiger partial charge in [-0.3, -0.25) is 14.6 Å². The lowest BCUT2D eigenvalue weighted by Gasteiger charge is -2.35. The van der Waals surface area contributed by atoms with E-state index in [1.54, 1.807) is 11.0 Å². The van der Waals surface area contributed by atoms with Crippen molar-refractivity contribution >= 4 is 21.9 Å². The molecule has 1 aromatic rings. The van der Waals surface area contributed by atoms with E-state index in [0.717, 1.165) is 0 Å². The molecule has 0 bridgehead atoms. The SMILES string of the molecule is CC(C)N(CCC(=O)O)C(=O)C1CCN(S(=O)(=O)c2cccnc2)CC1. The highest BCUT2D eigenvalue weighted by molar-refractivity contribution is 7.89. The summed E-state index contributed by atoms with van der Waals surface area (Å²) in [5, 5.41) is 8.85. The van der Waals surface area contributed by atoms with E-state index in [2.05, 4.69) is 4.98 Å². The Kier molecular flexibility index (Phi) is 6.71. The first-order valence-corrected chi connectivity index (χ1v) is 10.1. The largest absolute Gasteiger partial charge is 0.481 e. The first kappa shape index (κ1) is 20.3. The molecule has 1 amide bonds. The van der Waals surface area contributed by atoms with Gasteiger partial charge in [-0.25, -0.2) is 8.42 Å². The molecule has 0 saturated carbocycles. The van der Waals surface area contributed by atoms with Gasteiger partial charge in [0, 0.05) is 44.0 Å². The van der Waals surface area contributed by atoms with Crippen molar-refractivity contribution in [1.82, 2.24) is 14.2 Å². The van der Waals surface area contributed by atoms with Gasteiger partial charge in [-0.05, 0) is 38.8 Å². The lowest BCUT2D eigenvalue weighted by molar-refractivity contribution is -0.141. The molecular weight excluding hydrogens is 358 g/mol. The number of aromatic nitrogens is 1. The van der Waals surface area contributed by atoms with Gasteiger partial charge in [0.25, 0.3) is 0 Å². The number of nitrogens with zero attached hydrogens (tertiary/aromatic N) is 3. The van der Waals surface area contributed by atoms with Crippen LogP contribution in [-0.2, 0) is 19.6 Å². The van der Waals surface area contributed by atoms with Gasteiger partial charge < -0.3 is 10.0 Å². The van der Waals surface area contributed by atoms with Gasteiger partial charge in [-0.15, -0.1) is 0 Å². The number of pyridine rings is 1. The molecule has 1 aliphatic heterocycles. The maximum Gasteiger partial charge on any atom is 0.305 e. The van der Waals surface area contributed by atoms with Gasteiger partial charge in [0.2, 0.25) is 15.9 Å². The van der Waals surface area contributed by atoms with Crippen LogP contribution < -0.4 is 0 Å². The van der Waals surface area contributed by atoms with Crippen molar-refractivity contribution in [3.63, 3.8) is 0 Å². The molecule has 1 N–H and O–H groups in total. The molecular formula is C17H25N3O5S. The zero-order chi connectivity index (χ0) is 19.3. The van der Waals surface area contributed by atoms with Crippen molar-refractivity contribution < 1.29 is 23.1 Å². The zero-order valence-electron chi connectivity index (χ0n) is 15.0. The summed E-state index contributed by atoms with van der Waals surface area (Å²) in [7, 11) is -3.60. The van der Waals surface area contributed by atoms with Crippen LogP contribution in [0.1, 0.15) is 33.1 Å². The second-order valence-electron chi connectivity index (χ2n) is 6.64. The Labute approximate surface area is 153 Å². The minimum absolute atomic E-state index is 0.0975. The van der Waals surface area contributed by atoms with Crippen LogP contribution in [0.2, 0.25) is 0 Å². The molecule has 9 heteroatoms. The quantitative estimate of drug-likeness (QED) is 0.758. The fourth-order valence-corrected chi connectivity index (χ4v) is 4.50. The van der Waals surface area contributed by atoms with Crippen LogP contribution in [0.5, 0.6) is 0 Å². The Bertz CT molecular complexity index is 728. The molecule has 1 saturated heterocycles. The van der Waals surface area contributed by atoms with Crippen molar-refractivity contribution in [1.29, 1.82) is 0 Å². The van der Waals surface area contributed by atoms with Crippen LogP contribution >= 0.6 is 0 Å². The topological polar surface area (TPSA) is 108 Å². The van der Waals surface area contributed by atoms with Crippen LogP contribution in [0.4, 0.5) is 0 Å². The van der Waals surface area contributed by atoms with Crippen molar-refractivity contribution in [3.05, 3.63) is 24.5 Å². The highest BCUT2D eigenvalue weighted by atomic mass is 32.2. The van der Waals surface area contributed by atoms with E-state index >= 15 is 0 Å². The van der Waals surface area contributed by atoms with Crippen LogP contribution in [0, 0.1) is 5.92 Å². The number of sulfonamides is 1. The maximum absolute atomic E-state index is 12.7. The predicted octanol–water partition coefficient (Wildman–Crippen LogP) is 1.19. The Balaban J connectivity index is 2.00. The number of rotatable bonds is 7. The minimum Gasteiger partial charge on any atom is -0.481 e. The lowest BCUT2D eigenvalue weighted by atomic mass is 9.96. The molecule has 1 aliphatic rings. The average Bonchev–Trinajstić information content (AvgIpc) is 2.62. The fraction of sp³-hybridized carbons (Fsp3) is 0.588. The molecule has 0 radical (unpaired) electrons. The number of carboxylic acids is 1. The van der Waals surface area contributed by atoms with E-state index in [4.69, 9.17) is 5.11 Å². The molecule has 1 aromatic heterocycles. The summed E-state index contributed by atoms with van der Waals surface area (Å²) in [5.74, 6) is -1.33. The number of hydrogen-bond acceptors (Lipinski definition) is 5. The van der Waals surface area contributed by atoms with E-state index in [1.165, 1.54) is 22.8 Å². The molecule has 8 nitrogen and oxygen atoms in total. The molecule has 26 heavy (non-hydrogen) atoms. The first-order chi connectivity index (χ1) is 12.2. The number of amides is 1. The van der Waals surface area contributed by atoms with E-state index < -0.39 is 16.0 Å². The predicted molar refractivity (Wildman–Crippen MR) is 94.8 cm³/mol. The van der Waals surface area contributed by atoms with Crippen molar-refractivity contribution in [3.8, 4) is 0 Å². The van der Waals surface area contributed by atoms with Crippen LogP contribution in [0.25, 0.3) is 0 Å². The Morgan fingerprint density at radius 2 is 2.00 bits per heavy atom. The molecule has 0 aromatic carbocycles. The van der Waals surface area contributed by atoms with E-state index in [-0.39, 0.29) is 48.8 Å². The number of carboxylic acid groups (broad SMARTS) is 1. The van der Waals surface area contributed by atoms with Crippen LogP contribution in [-0.4, -0.2) is 65.3 Å². The summed E-state index contributed by atoms with van der Waals surface area (Å²) < 4.78 is 26.6. The van der Waals surface area contributed by atoms with Gasteiger partial charge in [0.1, 0.15) is 4.90 Å². The summed E-state index contributed by atoms with van der Waals surface area (Å²) in [6.45, 7) is 4.39. The minimum atomic E-state index is -3.60. The zero-order valence-corrected chi connectivity index (χ0v) is 15.9. The van der Waals surface area contributed by atoms with Gasteiger partial charge in [-0.2, -0.15) is 4.31 Å². The molecule has 2 rings (SSSR count). The highest BCUT2D eigenvalue weighted by Gasteiger charge is 2.34. The number of piperidine rings is 1. The standard InChI is InChI=1S/C17H25N3O5S/c1-13(2)20(11-7-16(21)22)17(23)14-5-9-19(10-6-14)26(24,25)15-4-3-8-18-12-15/h3-4,8,12-14H,5-7,9-11H2,1-2H3,(H,21,22). The van der Waals surface area contributed by atoms with Gasteiger partial charge in [0.05, 0.1) is 6.42 Å². The monoisotopic (exact) mass is 383 g/mol. The van der Waals surface area contributed by atoms with Crippen molar-refractivity contribution in [2.75, 3.05) is 19.6 Å². The van der Waals surface area contributed by atoms with E-state index in [9.17, 15) is 18.0 Å². The summed E-state index contributed by atoms with van der Waals surface area (Å²) in [6, 6.07) is 2.98. The number of hydrogen-bond donors (Lipinski definition) is 1. The Morgan fingerprint density at radius 1 is 1.35 bits per heavy atom. The first-order valence-electron chi connectivity index (χ1n) is 8.66. The average molecular weight is 383 g/mol. The van der Waals surface area contributed by atoms with E-state index in [0.29, 0.717) is 12.8 Å². The van der Waals surface area contributed by atoms with Crippen molar-refractivity contribution in [2.24, 2.45) is 5.92 Å². The van der Waals surface area contributed by atoms with Gasteiger partial charge >= 0.3 is 5.97 Å². The molecule has 0 atom stereocenters. The molecule has 2 heterocycles. The summed E-state index contributed by atoms with van der Waals surface area (Å²) >= 11 is 0. The van der Waals surface area contributed by atoms with Crippen LogP contribution in [0.15, 0.2) is 29.4 Å². The molecule has 0 aliphatic carbocycles. The normalized spacial score (nSPS) is 16.6. The molecule has 0 unspecified atom stereocenters. The van der Waals surface area contributed by atoms with Gasteiger partial charge in [0.15, 0.2) is 0 Å². The summed E-state index contributed by atoms with van der Waals surface area (Å²) in [6.07, 6.45) is 3.59. The fourth-order valence-electron chi connectivity index (χ4n) is 3.07. The molecule has 1 fully saturated rings. The Hall–Kier alpha value is -2.00. The number of carbonyl (C=O) groups excluding carboxylic acids is 1. The number of carbonyl (C=O) groups is 2. The van der Waals surface area contributed by atoms with Crippen molar-refractivity contribution in [2.45, 2.75) is 44.0 Å².